The van der Waals surface area contributed by atoms with E-state index in [1.165, 1.54) is 6.21 Å². The van der Waals surface area contributed by atoms with E-state index in [4.69, 9.17) is 4.74 Å². The fraction of sp³-hybridized carbons (Fsp3) is 0.167. The van der Waals surface area contributed by atoms with E-state index in [-0.39, 0.29) is 6.61 Å². The summed E-state index contributed by atoms with van der Waals surface area (Å²) in [5.41, 5.74) is 0.951. The predicted octanol–water partition coefficient (Wildman–Crippen LogP) is 2.97. The third-order valence-electron chi connectivity index (χ3n) is 1.66. The van der Waals surface area contributed by atoms with Crippen LogP contribution in [0.4, 0.5) is 4.79 Å². The molecule has 0 heterocycles. The van der Waals surface area contributed by atoms with Gasteiger partial charge in [-0.1, -0.05) is 36.4 Å². The van der Waals surface area contributed by atoms with Gasteiger partial charge >= 0.3 is 6.09 Å². The van der Waals surface area contributed by atoms with Crippen molar-refractivity contribution in [2.45, 2.75) is 13.5 Å². The molecular weight excluding hydrogens is 190 g/mol. The Kier molecular flexibility index (Phi) is 4.87. The molecule has 1 rings (SSSR count). The maximum atomic E-state index is 11.0. The van der Waals surface area contributed by atoms with Gasteiger partial charge in [0.2, 0.25) is 0 Å². The van der Waals surface area contributed by atoms with Gasteiger partial charge in [0, 0.05) is 6.21 Å². The van der Waals surface area contributed by atoms with Crippen molar-refractivity contribution in [2.75, 3.05) is 0 Å². The van der Waals surface area contributed by atoms with Crippen LogP contribution in [0.3, 0.4) is 0 Å². The monoisotopic (exact) mass is 203 g/mol. The summed E-state index contributed by atoms with van der Waals surface area (Å²) in [5, 5.41) is 0. The van der Waals surface area contributed by atoms with E-state index in [0.717, 1.165) is 5.56 Å². The zero-order valence-electron chi connectivity index (χ0n) is 8.59. The van der Waals surface area contributed by atoms with Gasteiger partial charge in [-0.05, 0) is 18.6 Å². The molecule has 0 unspecified atom stereocenters. The molecule has 0 fully saturated rings. The van der Waals surface area contributed by atoms with Crippen LogP contribution in [0, 0.1) is 0 Å². The molecule has 0 atom stereocenters. The van der Waals surface area contributed by atoms with Crippen molar-refractivity contribution in [1.29, 1.82) is 0 Å². The predicted molar refractivity (Wildman–Crippen MR) is 59.9 cm³/mol. The molecule has 0 N–H and O–H groups in total. The first-order chi connectivity index (χ1) is 7.33. The lowest BCUT2D eigenvalue weighted by Gasteiger charge is -2.00. The molecule has 1 aromatic rings. The first-order valence-electron chi connectivity index (χ1n) is 4.69. The van der Waals surface area contributed by atoms with Gasteiger partial charge in [-0.2, -0.15) is 4.99 Å². The Balaban J connectivity index is 2.35. The molecule has 0 saturated heterocycles. The zero-order valence-corrected chi connectivity index (χ0v) is 8.59. The van der Waals surface area contributed by atoms with Crippen LogP contribution in [0.2, 0.25) is 0 Å². The van der Waals surface area contributed by atoms with Gasteiger partial charge in [0.1, 0.15) is 6.61 Å². The van der Waals surface area contributed by atoms with Crippen molar-refractivity contribution in [3.05, 3.63) is 48.0 Å². The Morgan fingerprint density at radius 2 is 2.13 bits per heavy atom. The van der Waals surface area contributed by atoms with Gasteiger partial charge in [0.25, 0.3) is 0 Å². The summed E-state index contributed by atoms with van der Waals surface area (Å²) in [4.78, 5) is 14.6. The van der Waals surface area contributed by atoms with Gasteiger partial charge in [-0.15, -0.1) is 0 Å². The van der Waals surface area contributed by atoms with E-state index in [0.29, 0.717) is 0 Å². The minimum absolute atomic E-state index is 0.257. The fourth-order valence-electron chi connectivity index (χ4n) is 0.947. The zero-order chi connectivity index (χ0) is 10.9. The van der Waals surface area contributed by atoms with Crippen molar-refractivity contribution < 1.29 is 9.53 Å². The van der Waals surface area contributed by atoms with Crippen LogP contribution in [-0.4, -0.2) is 12.3 Å². The van der Waals surface area contributed by atoms with Gasteiger partial charge < -0.3 is 4.74 Å². The van der Waals surface area contributed by atoms with Gasteiger partial charge in [0.05, 0.1) is 0 Å². The SMILES string of the molecule is CC=CC=NC(=O)OCc1ccccc1. The molecule has 0 aliphatic heterocycles. The average molecular weight is 203 g/mol. The Labute approximate surface area is 89.1 Å². The minimum Gasteiger partial charge on any atom is -0.443 e. The number of ether oxygens (including phenoxy) is 1. The number of nitrogens with zero attached hydrogens (tertiary/aromatic N) is 1. The summed E-state index contributed by atoms with van der Waals surface area (Å²) in [6.45, 7) is 2.11. The maximum Gasteiger partial charge on any atom is 0.433 e. The highest BCUT2D eigenvalue weighted by molar-refractivity contribution is 5.84. The second-order valence-electron chi connectivity index (χ2n) is 2.84. The molecule has 0 aromatic heterocycles. The first kappa shape index (κ1) is 11.2. The Bertz CT molecular complexity index is 355. The molecule has 78 valence electrons. The summed E-state index contributed by atoms with van der Waals surface area (Å²) in [6.07, 6.45) is 4.29. The number of aliphatic imine (C=N–C) groups is 1. The van der Waals surface area contributed by atoms with Gasteiger partial charge in [-0.25, -0.2) is 4.79 Å². The fourth-order valence-corrected chi connectivity index (χ4v) is 0.947. The number of amides is 1. The molecule has 3 heteroatoms. The topological polar surface area (TPSA) is 38.7 Å². The molecule has 15 heavy (non-hydrogen) atoms. The summed E-state index contributed by atoms with van der Waals surface area (Å²) in [5.74, 6) is 0. The molecule has 0 radical (unpaired) electrons. The number of hydrogen-bond acceptors (Lipinski definition) is 2. The maximum absolute atomic E-state index is 11.0. The molecule has 0 bridgehead atoms. The van der Waals surface area contributed by atoms with Crippen molar-refractivity contribution >= 4 is 12.3 Å². The first-order valence-corrected chi connectivity index (χ1v) is 4.69. The highest BCUT2D eigenvalue weighted by Gasteiger charge is 1.97. The number of hydrogen-bond donors (Lipinski definition) is 0. The average Bonchev–Trinajstić information content (AvgIpc) is 2.28. The van der Waals surface area contributed by atoms with E-state index < -0.39 is 6.09 Å². The largest absolute Gasteiger partial charge is 0.443 e. The van der Waals surface area contributed by atoms with Crippen LogP contribution in [0.25, 0.3) is 0 Å². The van der Waals surface area contributed by atoms with Crippen LogP contribution < -0.4 is 0 Å². The number of rotatable bonds is 3. The van der Waals surface area contributed by atoms with Crippen LogP contribution in [0.5, 0.6) is 0 Å². The highest BCUT2D eigenvalue weighted by atomic mass is 16.5. The van der Waals surface area contributed by atoms with E-state index in [2.05, 4.69) is 4.99 Å². The summed E-state index contributed by atoms with van der Waals surface area (Å²) in [6, 6.07) is 9.49. The van der Waals surface area contributed by atoms with Crippen molar-refractivity contribution in [3.63, 3.8) is 0 Å². The second kappa shape index (κ2) is 6.54. The lowest BCUT2D eigenvalue weighted by Crippen LogP contribution is -1.98. The third kappa shape index (κ3) is 4.76. The third-order valence-corrected chi connectivity index (χ3v) is 1.66. The van der Waals surface area contributed by atoms with Gasteiger partial charge in [0.15, 0.2) is 0 Å². The lowest BCUT2D eigenvalue weighted by molar-refractivity contribution is 0.151. The molecule has 0 saturated carbocycles. The molecule has 3 nitrogen and oxygen atoms in total. The number of carbonyl (C=O) groups is 1. The molecule has 0 aliphatic carbocycles. The van der Waals surface area contributed by atoms with Crippen LogP contribution in [-0.2, 0) is 11.3 Å². The number of carbonyl (C=O) groups excluding carboxylic acids is 1. The second-order valence-corrected chi connectivity index (χ2v) is 2.84. The molecular formula is C12H13NO2. The van der Waals surface area contributed by atoms with Crippen LogP contribution in [0.1, 0.15) is 12.5 Å². The standard InChI is InChI=1S/C12H13NO2/c1-2-3-9-13-12(14)15-10-11-7-5-4-6-8-11/h2-9H,10H2,1H3. The molecule has 1 aromatic carbocycles. The van der Waals surface area contributed by atoms with Gasteiger partial charge in [-0.3, -0.25) is 0 Å². The summed E-state index contributed by atoms with van der Waals surface area (Å²) < 4.78 is 4.90. The molecule has 0 spiro atoms. The summed E-state index contributed by atoms with van der Waals surface area (Å²) in [7, 11) is 0. The Morgan fingerprint density at radius 3 is 2.80 bits per heavy atom. The summed E-state index contributed by atoms with van der Waals surface area (Å²) >= 11 is 0. The molecule has 1 amide bonds. The lowest BCUT2D eigenvalue weighted by atomic mass is 10.2. The van der Waals surface area contributed by atoms with E-state index in [9.17, 15) is 4.79 Å². The quantitative estimate of drug-likeness (QED) is 0.708. The number of allylic oxidation sites excluding steroid dienone is 2. The van der Waals surface area contributed by atoms with E-state index >= 15 is 0 Å². The smallest absolute Gasteiger partial charge is 0.433 e. The Hall–Kier alpha value is -1.90. The highest BCUT2D eigenvalue weighted by Crippen LogP contribution is 2.01. The number of benzene rings is 1. The minimum atomic E-state index is -0.572. The molecule has 0 aliphatic rings. The van der Waals surface area contributed by atoms with Crippen molar-refractivity contribution in [2.24, 2.45) is 4.99 Å². The Morgan fingerprint density at radius 1 is 1.40 bits per heavy atom. The van der Waals surface area contributed by atoms with E-state index in [1.54, 1.807) is 12.2 Å². The normalized spacial score (nSPS) is 11.0. The van der Waals surface area contributed by atoms with E-state index in [1.807, 2.05) is 37.3 Å². The van der Waals surface area contributed by atoms with Crippen LogP contribution >= 0.6 is 0 Å². The van der Waals surface area contributed by atoms with Crippen molar-refractivity contribution in [1.82, 2.24) is 0 Å². The van der Waals surface area contributed by atoms with Crippen LogP contribution in [0.15, 0.2) is 47.5 Å². The van der Waals surface area contributed by atoms with Crippen molar-refractivity contribution in [3.8, 4) is 0 Å².